The highest BCUT2D eigenvalue weighted by Crippen LogP contribution is 2.25. The number of nitrogen functional groups attached to an aromatic ring is 1. The van der Waals surface area contributed by atoms with Gasteiger partial charge in [-0.3, -0.25) is 15.0 Å². The number of aromatic amines is 1. The normalized spacial score (nSPS) is 15.5. The Labute approximate surface area is 238 Å². The van der Waals surface area contributed by atoms with E-state index in [1.54, 1.807) is 31.2 Å². The third kappa shape index (κ3) is 6.25. The van der Waals surface area contributed by atoms with E-state index in [4.69, 9.17) is 15.9 Å². The molecule has 1 aromatic heterocycles. The second kappa shape index (κ2) is 12.6. The van der Waals surface area contributed by atoms with Gasteiger partial charge in [0.1, 0.15) is 23.6 Å². The van der Waals surface area contributed by atoms with Crippen molar-refractivity contribution >= 4 is 62.2 Å². The highest BCUT2D eigenvalue weighted by atomic mass is 79.9. The Morgan fingerprint density at radius 1 is 1.20 bits per heavy atom. The first-order valence-corrected chi connectivity index (χ1v) is 13.8. The molecular formula is C27H30BrN7O5. The van der Waals surface area contributed by atoms with E-state index < -0.39 is 30.0 Å². The topological polar surface area (TPSA) is 182 Å². The van der Waals surface area contributed by atoms with E-state index >= 15 is 0 Å². The van der Waals surface area contributed by atoms with Crippen LogP contribution < -0.4 is 26.6 Å². The summed E-state index contributed by atoms with van der Waals surface area (Å²) in [5, 5.41) is 16.6. The van der Waals surface area contributed by atoms with E-state index in [0.717, 1.165) is 16.5 Å². The van der Waals surface area contributed by atoms with Crippen molar-refractivity contribution in [2.24, 2.45) is 5.73 Å². The second-order valence-corrected chi connectivity index (χ2v) is 9.64. The molecule has 3 aromatic rings. The summed E-state index contributed by atoms with van der Waals surface area (Å²) in [6, 6.07) is 11.5. The summed E-state index contributed by atoms with van der Waals surface area (Å²) in [4.78, 5) is 55.9. The fourth-order valence-corrected chi connectivity index (χ4v) is 5.08. The highest BCUT2D eigenvalue weighted by molar-refractivity contribution is 9.08. The standard InChI is InChI=1S/C27H30BrN7O5/c1-2-40-26(38)21(33-24(36)22-18(13-28)17-5-3-4-6-19(17)32-22)14-31-27(39)34-20-11-12-35(25(20)37)16-9-7-15(8-10-16)23(29)30/h3-10,20-21,32H,2,11-14H2,1H3,(H3,29,30)(H,33,36)(H2,31,34,39). The van der Waals surface area contributed by atoms with Crippen LogP contribution in [0.3, 0.4) is 0 Å². The number of nitrogens with zero attached hydrogens (tertiary/aromatic N) is 1. The first-order valence-electron chi connectivity index (χ1n) is 12.7. The maximum absolute atomic E-state index is 13.1. The van der Waals surface area contributed by atoms with Gasteiger partial charge in [0.2, 0.25) is 5.91 Å². The molecule has 13 heteroatoms. The minimum Gasteiger partial charge on any atom is -0.464 e. The first-order chi connectivity index (χ1) is 19.2. The Morgan fingerprint density at radius 2 is 1.93 bits per heavy atom. The van der Waals surface area contributed by atoms with Crippen molar-refractivity contribution in [3.63, 3.8) is 0 Å². The van der Waals surface area contributed by atoms with Gasteiger partial charge in [0, 0.05) is 39.6 Å². The SMILES string of the molecule is CCOC(=O)C(CNC(=O)NC1CCN(c2ccc(C(=N)N)cc2)C1=O)NC(=O)c1[nH]c2ccccc2c1CBr. The van der Waals surface area contributed by atoms with Crippen molar-refractivity contribution in [1.82, 2.24) is 20.9 Å². The number of esters is 1. The monoisotopic (exact) mass is 611 g/mol. The van der Waals surface area contributed by atoms with Crippen LogP contribution in [0.2, 0.25) is 0 Å². The molecule has 0 bridgehead atoms. The highest BCUT2D eigenvalue weighted by Gasteiger charge is 2.34. The summed E-state index contributed by atoms with van der Waals surface area (Å²) in [6.45, 7) is 1.88. The van der Waals surface area contributed by atoms with Crippen LogP contribution in [0.1, 0.15) is 35.0 Å². The van der Waals surface area contributed by atoms with E-state index in [1.807, 2.05) is 24.3 Å². The van der Waals surface area contributed by atoms with E-state index in [-0.39, 0.29) is 24.9 Å². The summed E-state index contributed by atoms with van der Waals surface area (Å²) in [7, 11) is 0. The van der Waals surface area contributed by atoms with Gasteiger partial charge in [-0.1, -0.05) is 34.1 Å². The van der Waals surface area contributed by atoms with E-state index in [1.165, 1.54) is 4.90 Å². The van der Waals surface area contributed by atoms with Crippen molar-refractivity contribution in [2.45, 2.75) is 30.8 Å². The molecule has 2 atom stereocenters. The number of anilines is 1. The molecule has 0 aliphatic carbocycles. The number of carbonyl (C=O) groups excluding carboxylic acids is 4. The van der Waals surface area contributed by atoms with Crippen molar-refractivity contribution in [2.75, 3.05) is 24.6 Å². The molecule has 210 valence electrons. The van der Waals surface area contributed by atoms with Gasteiger partial charge in [-0.2, -0.15) is 0 Å². The summed E-state index contributed by atoms with van der Waals surface area (Å²) >= 11 is 3.42. The zero-order valence-electron chi connectivity index (χ0n) is 21.8. The maximum Gasteiger partial charge on any atom is 0.330 e. The smallest absolute Gasteiger partial charge is 0.330 e. The van der Waals surface area contributed by atoms with Gasteiger partial charge >= 0.3 is 12.0 Å². The van der Waals surface area contributed by atoms with E-state index in [2.05, 4.69) is 36.9 Å². The number of halogens is 1. The number of hydrogen-bond donors (Lipinski definition) is 6. The number of aromatic nitrogens is 1. The number of hydrogen-bond acceptors (Lipinski definition) is 6. The molecule has 2 unspecified atom stereocenters. The predicted octanol–water partition coefficient (Wildman–Crippen LogP) is 2.11. The van der Waals surface area contributed by atoms with Crippen LogP contribution in [0, 0.1) is 5.41 Å². The van der Waals surface area contributed by atoms with Crippen LogP contribution in [-0.4, -0.2) is 66.4 Å². The molecule has 1 aliphatic heterocycles. The predicted molar refractivity (Wildman–Crippen MR) is 154 cm³/mol. The summed E-state index contributed by atoms with van der Waals surface area (Å²) in [6.07, 6.45) is 0.383. The number of amidine groups is 1. The number of ether oxygens (including phenoxy) is 1. The number of fused-ring (bicyclic) bond motifs is 1. The molecule has 2 heterocycles. The maximum atomic E-state index is 13.1. The average molecular weight is 612 g/mol. The molecule has 4 rings (SSSR count). The number of rotatable bonds is 10. The number of para-hydroxylation sites is 1. The second-order valence-electron chi connectivity index (χ2n) is 9.08. The minimum absolute atomic E-state index is 0.0716. The van der Waals surface area contributed by atoms with Crippen LogP contribution in [0.4, 0.5) is 10.5 Å². The van der Waals surface area contributed by atoms with Crippen molar-refractivity contribution in [1.29, 1.82) is 5.41 Å². The van der Waals surface area contributed by atoms with Gasteiger partial charge in [-0.05, 0) is 43.7 Å². The Balaban J connectivity index is 1.37. The lowest BCUT2D eigenvalue weighted by Gasteiger charge is -2.20. The quantitative estimate of drug-likeness (QED) is 0.0882. The number of nitrogens with one attached hydrogen (secondary N) is 5. The summed E-state index contributed by atoms with van der Waals surface area (Å²) in [5.41, 5.74) is 8.47. The molecule has 40 heavy (non-hydrogen) atoms. The zero-order chi connectivity index (χ0) is 28.8. The first kappa shape index (κ1) is 28.6. The molecule has 0 saturated carbocycles. The van der Waals surface area contributed by atoms with Gasteiger partial charge in [0.25, 0.3) is 5.91 Å². The van der Waals surface area contributed by atoms with E-state index in [0.29, 0.717) is 35.2 Å². The molecule has 1 fully saturated rings. The molecule has 1 aliphatic rings. The number of urea groups is 1. The van der Waals surface area contributed by atoms with Crippen LogP contribution in [0.15, 0.2) is 48.5 Å². The Kier molecular flexibility index (Phi) is 9.04. The van der Waals surface area contributed by atoms with Crippen molar-refractivity contribution < 1.29 is 23.9 Å². The van der Waals surface area contributed by atoms with Gasteiger partial charge in [0.05, 0.1) is 13.2 Å². The largest absolute Gasteiger partial charge is 0.464 e. The Bertz CT molecular complexity index is 1440. The lowest BCUT2D eigenvalue weighted by molar-refractivity contribution is -0.145. The van der Waals surface area contributed by atoms with Gasteiger partial charge in [0.15, 0.2) is 0 Å². The van der Waals surface area contributed by atoms with Crippen LogP contribution in [-0.2, 0) is 19.7 Å². The van der Waals surface area contributed by atoms with Crippen LogP contribution >= 0.6 is 15.9 Å². The van der Waals surface area contributed by atoms with Gasteiger partial charge in [-0.15, -0.1) is 0 Å². The van der Waals surface area contributed by atoms with Crippen LogP contribution in [0.5, 0.6) is 0 Å². The summed E-state index contributed by atoms with van der Waals surface area (Å²) in [5.74, 6) is -1.59. The third-order valence-electron chi connectivity index (χ3n) is 6.52. The zero-order valence-corrected chi connectivity index (χ0v) is 23.3. The number of carbonyl (C=O) groups is 4. The number of amides is 4. The molecule has 12 nitrogen and oxygen atoms in total. The fourth-order valence-electron chi connectivity index (χ4n) is 4.49. The Hall–Kier alpha value is -4.39. The van der Waals surface area contributed by atoms with Gasteiger partial charge < -0.3 is 36.3 Å². The average Bonchev–Trinajstić information content (AvgIpc) is 3.51. The van der Waals surface area contributed by atoms with Crippen LogP contribution in [0.25, 0.3) is 10.9 Å². The van der Waals surface area contributed by atoms with E-state index in [9.17, 15) is 19.2 Å². The molecule has 1 saturated heterocycles. The lowest BCUT2D eigenvalue weighted by atomic mass is 10.1. The third-order valence-corrected chi connectivity index (χ3v) is 7.08. The molecule has 0 radical (unpaired) electrons. The van der Waals surface area contributed by atoms with Gasteiger partial charge in [-0.25, -0.2) is 9.59 Å². The fraction of sp³-hybridized carbons (Fsp3) is 0.296. The number of alkyl halides is 1. The molecule has 7 N–H and O–H groups in total. The molecular weight excluding hydrogens is 582 g/mol. The molecule has 2 aromatic carbocycles. The number of nitrogens with two attached hydrogens (primary N) is 1. The number of H-pyrrole nitrogens is 1. The lowest BCUT2D eigenvalue weighted by Crippen LogP contribution is -2.53. The Morgan fingerprint density at radius 3 is 2.60 bits per heavy atom. The minimum atomic E-state index is -1.16. The summed E-state index contributed by atoms with van der Waals surface area (Å²) < 4.78 is 5.10. The van der Waals surface area contributed by atoms with Crippen molar-refractivity contribution in [3.05, 3.63) is 65.4 Å². The number of benzene rings is 2. The molecule has 4 amide bonds. The molecule has 0 spiro atoms. The van der Waals surface area contributed by atoms with Crippen molar-refractivity contribution in [3.8, 4) is 0 Å².